The molecule has 1 saturated heterocycles. The van der Waals surface area contributed by atoms with Gasteiger partial charge in [0.25, 0.3) is 5.91 Å². The second kappa shape index (κ2) is 8.94. The lowest BCUT2D eigenvalue weighted by Crippen LogP contribution is -2.61. The molecule has 0 radical (unpaired) electrons. The largest absolute Gasteiger partial charge is 0.444 e. The molecule has 1 fully saturated rings. The number of carbonyl (C=O) groups excluding carboxylic acids is 3. The number of nitrogens with two attached hydrogens (primary N) is 1. The molecule has 0 aromatic heterocycles. The number of anilines is 3. The van der Waals surface area contributed by atoms with E-state index in [4.69, 9.17) is 22.1 Å². The van der Waals surface area contributed by atoms with Crippen molar-refractivity contribution in [2.45, 2.75) is 65.0 Å². The Kier molecular flexibility index (Phi) is 6.47. The van der Waals surface area contributed by atoms with Crippen molar-refractivity contribution in [2.75, 3.05) is 29.4 Å². The van der Waals surface area contributed by atoms with Gasteiger partial charge in [-0.1, -0.05) is 23.7 Å². The van der Waals surface area contributed by atoms with Gasteiger partial charge in [0, 0.05) is 25.3 Å². The first kappa shape index (κ1) is 26.8. The van der Waals surface area contributed by atoms with Crippen LogP contribution in [-0.2, 0) is 14.9 Å². The van der Waals surface area contributed by atoms with Crippen LogP contribution in [0.15, 0.2) is 36.4 Å². The Bertz CT molecular complexity index is 1280. The summed E-state index contributed by atoms with van der Waals surface area (Å²) in [6, 6.07) is 10.9. The molecule has 2 aliphatic rings. The van der Waals surface area contributed by atoms with E-state index in [1.807, 2.05) is 52.8 Å². The maximum atomic E-state index is 13.7. The van der Waals surface area contributed by atoms with Gasteiger partial charge in [-0.25, -0.2) is 4.79 Å². The molecular weight excluding hydrogens is 492 g/mol. The highest BCUT2D eigenvalue weighted by atomic mass is 35.5. The predicted octanol–water partition coefficient (Wildman–Crippen LogP) is 5.23. The fourth-order valence-electron chi connectivity index (χ4n) is 5.20. The van der Waals surface area contributed by atoms with Gasteiger partial charge in [-0.2, -0.15) is 0 Å². The van der Waals surface area contributed by atoms with Crippen molar-refractivity contribution in [3.63, 3.8) is 0 Å². The zero-order valence-corrected chi connectivity index (χ0v) is 23.3. The van der Waals surface area contributed by atoms with Crippen molar-refractivity contribution in [2.24, 2.45) is 5.73 Å². The summed E-state index contributed by atoms with van der Waals surface area (Å²) in [7, 11) is 0. The number of nitrogens with zero attached hydrogens (tertiary/aromatic N) is 3. The Morgan fingerprint density at radius 3 is 2.30 bits per heavy atom. The molecule has 2 heterocycles. The summed E-state index contributed by atoms with van der Waals surface area (Å²) in [6.07, 6.45) is -0.326. The number of amides is 3. The predicted molar refractivity (Wildman–Crippen MR) is 146 cm³/mol. The molecule has 37 heavy (non-hydrogen) atoms. The van der Waals surface area contributed by atoms with Crippen LogP contribution in [0.2, 0.25) is 5.02 Å². The van der Waals surface area contributed by atoms with Crippen LogP contribution < -0.4 is 15.5 Å². The molecule has 0 saturated carbocycles. The number of primary amides is 1. The van der Waals surface area contributed by atoms with E-state index in [0.717, 1.165) is 11.3 Å². The lowest BCUT2D eigenvalue weighted by molar-refractivity contribution is -0.121. The van der Waals surface area contributed by atoms with Crippen LogP contribution in [0.5, 0.6) is 0 Å². The Labute approximate surface area is 223 Å². The van der Waals surface area contributed by atoms with Crippen LogP contribution in [-0.4, -0.2) is 53.6 Å². The summed E-state index contributed by atoms with van der Waals surface area (Å²) >= 11 is 6.33. The monoisotopic (exact) mass is 526 g/mol. The first-order valence-corrected chi connectivity index (χ1v) is 12.8. The molecule has 0 aliphatic carbocycles. The summed E-state index contributed by atoms with van der Waals surface area (Å²) in [6.45, 7) is 15.0. The summed E-state index contributed by atoms with van der Waals surface area (Å²) in [4.78, 5) is 44.2. The van der Waals surface area contributed by atoms with Crippen LogP contribution >= 0.6 is 11.6 Å². The second-order valence-electron chi connectivity index (χ2n) is 11.8. The smallest absolute Gasteiger partial charge is 0.410 e. The molecule has 4 rings (SSSR count). The van der Waals surface area contributed by atoms with Crippen molar-refractivity contribution in [1.82, 2.24) is 4.90 Å². The van der Waals surface area contributed by atoms with Crippen molar-refractivity contribution in [3.8, 4) is 0 Å². The van der Waals surface area contributed by atoms with Crippen LogP contribution in [0.25, 0.3) is 0 Å². The molecule has 2 aliphatic heterocycles. The first-order valence-electron chi connectivity index (χ1n) is 12.4. The standard InChI is InChI=1S/C28H35ClN4O4/c1-26(2,3)37-25(36)31-13-14-32(27(4,5)16-31)17-11-12-18-21(15-17)33(24(35)28(18,6)7)20-10-8-9-19(29)22(20)23(30)34/h8-12,15H,13-14,16H2,1-7H3,(H2,30,34). The molecular formula is C28H35ClN4O4. The zero-order valence-electron chi connectivity index (χ0n) is 22.5. The number of rotatable bonds is 3. The van der Waals surface area contributed by atoms with E-state index >= 15 is 0 Å². The highest BCUT2D eigenvalue weighted by Crippen LogP contribution is 2.48. The lowest BCUT2D eigenvalue weighted by atomic mass is 9.86. The highest BCUT2D eigenvalue weighted by molar-refractivity contribution is 6.35. The van der Waals surface area contributed by atoms with E-state index < -0.39 is 22.5 Å². The van der Waals surface area contributed by atoms with Gasteiger partial charge < -0.3 is 20.3 Å². The number of hydrogen-bond acceptors (Lipinski definition) is 5. The number of fused-ring (bicyclic) bond motifs is 1. The molecule has 2 aromatic carbocycles. The van der Waals surface area contributed by atoms with Gasteiger partial charge in [-0.05, 0) is 78.3 Å². The van der Waals surface area contributed by atoms with Gasteiger partial charge in [0.1, 0.15) is 5.60 Å². The molecule has 9 heteroatoms. The normalized spacial score (nSPS) is 18.6. The van der Waals surface area contributed by atoms with Crippen molar-refractivity contribution in [3.05, 3.63) is 52.5 Å². The Balaban J connectivity index is 1.73. The highest BCUT2D eigenvalue weighted by Gasteiger charge is 2.46. The van der Waals surface area contributed by atoms with E-state index in [-0.39, 0.29) is 22.6 Å². The minimum absolute atomic E-state index is 0.109. The van der Waals surface area contributed by atoms with Crippen molar-refractivity contribution >= 4 is 46.6 Å². The molecule has 0 bridgehead atoms. The lowest BCUT2D eigenvalue weighted by Gasteiger charge is -2.48. The topological polar surface area (TPSA) is 96.2 Å². The maximum Gasteiger partial charge on any atom is 0.410 e. The molecule has 3 amide bonds. The summed E-state index contributed by atoms with van der Waals surface area (Å²) in [5.41, 5.74) is 6.80. The third-order valence-corrected chi connectivity index (χ3v) is 7.29. The summed E-state index contributed by atoms with van der Waals surface area (Å²) in [5, 5.41) is 0.194. The number of halogens is 1. The van der Waals surface area contributed by atoms with E-state index in [9.17, 15) is 14.4 Å². The van der Waals surface area contributed by atoms with Gasteiger partial charge >= 0.3 is 6.09 Å². The van der Waals surface area contributed by atoms with E-state index in [2.05, 4.69) is 18.7 Å². The zero-order chi connectivity index (χ0) is 27.5. The van der Waals surface area contributed by atoms with E-state index in [0.29, 0.717) is 31.0 Å². The molecule has 198 valence electrons. The average Bonchev–Trinajstić information content (AvgIpc) is 2.96. The molecule has 2 aromatic rings. The Morgan fingerprint density at radius 1 is 1.03 bits per heavy atom. The number of carbonyl (C=O) groups is 3. The second-order valence-corrected chi connectivity index (χ2v) is 12.2. The first-order chi connectivity index (χ1) is 17.0. The summed E-state index contributed by atoms with van der Waals surface area (Å²) < 4.78 is 5.59. The fraction of sp³-hybridized carbons (Fsp3) is 0.464. The summed E-state index contributed by atoms with van der Waals surface area (Å²) in [5.74, 6) is -0.867. The number of benzene rings is 2. The van der Waals surface area contributed by atoms with Crippen LogP contribution in [0, 0.1) is 0 Å². The van der Waals surface area contributed by atoms with Crippen molar-refractivity contribution in [1.29, 1.82) is 0 Å². The third-order valence-electron chi connectivity index (χ3n) is 6.98. The Hall–Kier alpha value is -3.26. The minimum atomic E-state index is -0.809. The van der Waals surface area contributed by atoms with Gasteiger partial charge in [0.05, 0.1) is 32.9 Å². The maximum absolute atomic E-state index is 13.7. The van der Waals surface area contributed by atoms with Crippen molar-refractivity contribution < 1.29 is 19.1 Å². The third kappa shape index (κ3) is 4.75. The van der Waals surface area contributed by atoms with Gasteiger partial charge in [0.2, 0.25) is 5.91 Å². The molecule has 2 N–H and O–H groups in total. The minimum Gasteiger partial charge on any atom is -0.444 e. The molecule has 0 atom stereocenters. The number of piperazine rings is 1. The Morgan fingerprint density at radius 2 is 1.70 bits per heavy atom. The van der Waals surface area contributed by atoms with Crippen LogP contribution in [0.1, 0.15) is 64.4 Å². The number of hydrogen-bond donors (Lipinski definition) is 1. The SMILES string of the molecule is CC(C)(C)OC(=O)N1CCN(c2ccc3c(c2)N(c2cccc(Cl)c2C(N)=O)C(=O)C3(C)C)C(C)(C)C1. The molecule has 0 unspecified atom stereocenters. The molecule has 8 nitrogen and oxygen atoms in total. The van der Waals surface area contributed by atoms with E-state index in [1.54, 1.807) is 28.0 Å². The van der Waals surface area contributed by atoms with Gasteiger partial charge in [0.15, 0.2) is 0 Å². The van der Waals surface area contributed by atoms with Gasteiger partial charge in [-0.15, -0.1) is 0 Å². The fourth-order valence-corrected chi connectivity index (χ4v) is 5.47. The van der Waals surface area contributed by atoms with Gasteiger partial charge in [-0.3, -0.25) is 14.5 Å². The number of ether oxygens (including phenoxy) is 1. The quantitative estimate of drug-likeness (QED) is 0.590. The van der Waals surface area contributed by atoms with E-state index in [1.165, 1.54) is 0 Å². The van der Waals surface area contributed by atoms with Crippen LogP contribution in [0.4, 0.5) is 21.9 Å². The molecule has 0 spiro atoms. The average molecular weight is 527 g/mol. The van der Waals surface area contributed by atoms with Crippen LogP contribution in [0.3, 0.4) is 0 Å².